The standard InChI is InChI=1S/C3H3F5O3S/c4-2(5,3(6,7)8)1-11-12(9)10/h1H2,(H,9,10). The van der Waals surface area contributed by atoms with E-state index in [1.807, 2.05) is 0 Å². The van der Waals surface area contributed by atoms with Crippen LogP contribution in [0.15, 0.2) is 0 Å². The lowest BCUT2D eigenvalue weighted by molar-refractivity contribution is -0.289. The predicted octanol–water partition coefficient (Wildman–Crippen LogP) is 1.34. The lowest BCUT2D eigenvalue weighted by Gasteiger charge is -2.17. The van der Waals surface area contributed by atoms with Crippen molar-refractivity contribution in [1.29, 1.82) is 0 Å². The van der Waals surface area contributed by atoms with Crippen molar-refractivity contribution in [2.75, 3.05) is 6.61 Å². The first-order valence-electron chi connectivity index (χ1n) is 2.35. The van der Waals surface area contributed by atoms with Crippen molar-refractivity contribution in [3.63, 3.8) is 0 Å². The van der Waals surface area contributed by atoms with Crippen LogP contribution in [0, 0.1) is 0 Å². The molecule has 74 valence electrons. The Kier molecular flexibility index (Phi) is 3.54. The fraction of sp³-hybridized carbons (Fsp3) is 1.00. The molecule has 3 nitrogen and oxygen atoms in total. The van der Waals surface area contributed by atoms with Gasteiger partial charge in [-0.25, -0.2) is 0 Å². The van der Waals surface area contributed by atoms with E-state index in [1.54, 1.807) is 0 Å². The highest BCUT2D eigenvalue weighted by Crippen LogP contribution is 2.35. The summed E-state index contributed by atoms with van der Waals surface area (Å²) in [5.74, 6) is -5.11. The average Bonchev–Trinajstić information content (AvgIpc) is 1.81. The van der Waals surface area contributed by atoms with E-state index in [-0.39, 0.29) is 0 Å². The predicted molar refractivity (Wildman–Crippen MR) is 27.7 cm³/mol. The molecule has 0 aliphatic rings. The van der Waals surface area contributed by atoms with Crippen LogP contribution in [0.3, 0.4) is 0 Å². The van der Waals surface area contributed by atoms with Crippen LogP contribution in [0.25, 0.3) is 0 Å². The van der Waals surface area contributed by atoms with E-state index < -0.39 is 30.1 Å². The van der Waals surface area contributed by atoms with E-state index in [1.165, 1.54) is 0 Å². The molecule has 0 heterocycles. The Labute approximate surface area is 66.0 Å². The molecule has 1 atom stereocenters. The fourth-order valence-corrected chi connectivity index (χ4v) is 0.455. The molecule has 0 aromatic carbocycles. The highest BCUT2D eigenvalue weighted by molar-refractivity contribution is 7.74. The van der Waals surface area contributed by atoms with Crippen molar-refractivity contribution in [1.82, 2.24) is 0 Å². The summed E-state index contributed by atoms with van der Waals surface area (Å²) in [5, 5.41) is 0. The van der Waals surface area contributed by atoms with Crippen LogP contribution in [0.5, 0.6) is 0 Å². The van der Waals surface area contributed by atoms with Crippen molar-refractivity contribution in [2.24, 2.45) is 0 Å². The van der Waals surface area contributed by atoms with Gasteiger partial charge in [-0.1, -0.05) is 0 Å². The first-order valence-corrected chi connectivity index (χ1v) is 3.38. The lowest BCUT2D eigenvalue weighted by atomic mass is 10.3. The molecule has 1 unspecified atom stereocenters. The summed E-state index contributed by atoms with van der Waals surface area (Å²) in [6, 6.07) is 0. The summed E-state index contributed by atoms with van der Waals surface area (Å²) in [6.07, 6.45) is -5.77. The minimum Gasteiger partial charge on any atom is -0.284 e. The van der Waals surface area contributed by atoms with E-state index in [9.17, 15) is 26.2 Å². The highest BCUT2D eigenvalue weighted by Gasteiger charge is 2.58. The Balaban J connectivity index is 4.14. The van der Waals surface area contributed by atoms with Gasteiger partial charge in [0.05, 0.1) is 0 Å². The van der Waals surface area contributed by atoms with Crippen LogP contribution in [-0.2, 0) is 15.5 Å². The molecule has 0 aliphatic carbocycles. The summed E-state index contributed by atoms with van der Waals surface area (Å²) in [7, 11) is 0. The van der Waals surface area contributed by atoms with E-state index >= 15 is 0 Å². The molecular weight excluding hydrogens is 211 g/mol. The van der Waals surface area contributed by atoms with Gasteiger partial charge in [0.2, 0.25) is 0 Å². The molecule has 0 saturated carbocycles. The van der Waals surface area contributed by atoms with Gasteiger partial charge in [-0.05, 0) is 0 Å². The van der Waals surface area contributed by atoms with Crippen molar-refractivity contribution in [2.45, 2.75) is 12.1 Å². The Bertz CT molecular complexity index is 177. The molecule has 0 amide bonds. The summed E-state index contributed by atoms with van der Waals surface area (Å²) in [6.45, 7) is -2.17. The average molecular weight is 214 g/mol. The Morgan fingerprint density at radius 1 is 1.25 bits per heavy atom. The molecule has 9 heteroatoms. The number of hydrogen-bond acceptors (Lipinski definition) is 2. The smallest absolute Gasteiger partial charge is 0.284 e. The van der Waals surface area contributed by atoms with Crippen molar-refractivity contribution in [3.05, 3.63) is 0 Å². The van der Waals surface area contributed by atoms with Crippen LogP contribution in [-0.4, -0.2) is 27.5 Å². The maximum Gasteiger partial charge on any atom is 0.455 e. The zero-order chi connectivity index (χ0) is 9.99. The van der Waals surface area contributed by atoms with Crippen molar-refractivity contribution < 1.29 is 34.9 Å². The monoisotopic (exact) mass is 214 g/mol. The largest absolute Gasteiger partial charge is 0.455 e. The Morgan fingerprint density at radius 3 is 1.92 bits per heavy atom. The van der Waals surface area contributed by atoms with Crippen LogP contribution in [0.4, 0.5) is 22.0 Å². The number of halogens is 5. The first kappa shape index (κ1) is 11.7. The molecule has 0 aromatic heterocycles. The quantitative estimate of drug-likeness (QED) is 0.569. The molecule has 0 spiro atoms. The lowest BCUT2D eigenvalue weighted by Crippen LogP contribution is -2.40. The van der Waals surface area contributed by atoms with Crippen LogP contribution in [0.2, 0.25) is 0 Å². The topological polar surface area (TPSA) is 46.5 Å². The van der Waals surface area contributed by atoms with Crippen LogP contribution >= 0.6 is 0 Å². The summed E-state index contributed by atoms with van der Waals surface area (Å²) in [4.78, 5) is 0. The zero-order valence-electron chi connectivity index (χ0n) is 5.27. The molecule has 0 aromatic rings. The van der Waals surface area contributed by atoms with Crippen molar-refractivity contribution >= 4 is 11.4 Å². The van der Waals surface area contributed by atoms with Gasteiger partial charge in [0.1, 0.15) is 6.61 Å². The number of hydrogen-bond donors (Lipinski definition) is 1. The van der Waals surface area contributed by atoms with Gasteiger partial charge < -0.3 is 0 Å². The van der Waals surface area contributed by atoms with Crippen molar-refractivity contribution in [3.8, 4) is 0 Å². The third kappa shape index (κ3) is 3.41. The van der Waals surface area contributed by atoms with E-state index in [2.05, 4.69) is 4.18 Å². The molecule has 0 fully saturated rings. The molecule has 0 saturated heterocycles. The van der Waals surface area contributed by atoms with Gasteiger partial charge in [0.25, 0.3) is 0 Å². The Hall–Kier alpha value is -0.280. The van der Waals surface area contributed by atoms with Crippen LogP contribution < -0.4 is 0 Å². The second kappa shape index (κ2) is 3.62. The molecular formula is C3H3F5O3S. The van der Waals surface area contributed by atoms with Gasteiger partial charge in [-0.3, -0.25) is 8.74 Å². The molecule has 0 bridgehead atoms. The second-order valence-electron chi connectivity index (χ2n) is 1.68. The zero-order valence-corrected chi connectivity index (χ0v) is 6.09. The highest BCUT2D eigenvalue weighted by atomic mass is 32.2. The minimum atomic E-state index is -5.77. The fourth-order valence-electron chi connectivity index (χ4n) is 0.206. The number of rotatable bonds is 3. The van der Waals surface area contributed by atoms with Gasteiger partial charge in [-0.2, -0.15) is 26.2 Å². The SMILES string of the molecule is O=S(O)OCC(F)(F)C(F)(F)F. The molecule has 0 radical (unpaired) electrons. The molecule has 1 N–H and O–H groups in total. The van der Waals surface area contributed by atoms with Gasteiger partial charge in [0, 0.05) is 0 Å². The maximum absolute atomic E-state index is 11.8. The first-order chi connectivity index (χ1) is 5.17. The number of alkyl halides is 5. The minimum absolute atomic E-state index is 2.17. The molecule has 0 rings (SSSR count). The van der Waals surface area contributed by atoms with Gasteiger partial charge in [0.15, 0.2) is 0 Å². The van der Waals surface area contributed by atoms with Gasteiger partial charge in [-0.15, -0.1) is 0 Å². The summed E-state index contributed by atoms with van der Waals surface area (Å²) >= 11 is -3.13. The summed E-state index contributed by atoms with van der Waals surface area (Å²) in [5.41, 5.74) is 0. The van der Waals surface area contributed by atoms with Crippen LogP contribution in [0.1, 0.15) is 0 Å². The van der Waals surface area contributed by atoms with Gasteiger partial charge >= 0.3 is 23.5 Å². The maximum atomic E-state index is 11.8. The molecule has 12 heavy (non-hydrogen) atoms. The summed E-state index contributed by atoms with van der Waals surface area (Å²) < 4.78 is 77.9. The third-order valence-corrected chi connectivity index (χ3v) is 1.08. The van der Waals surface area contributed by atoms with E-state index in [4.69, 9.17) is 4.55 Å². The normalized spacial score (nSPS) is 16.2. The third-order valence-electron chi connectivity index (χ3n) is 0.756. The second-order valence-corrected chi connectivity index (χ2v) is 2.35. The molecule has 0 aliphatic heterocycles. The van der Waals surface area contributed by atoms with E-state index in [0.29, 0.717) is 0 Å². The Morgan fingerprint density at radius 2 is 1.67 bits per heavy atom. The van der Waals surface area contributed by atoms with E-state index in [0.717, 1.165) is 0 Å².